The Morgan fingerprint density at radius 3 is 2.76 bits per heavy atom. The molecule has 0 spiro atoms. The molecule has 0 amide bonds. The number of pyridine rings is 2. The topological polar surface area (TPSA) is 121 Å². The van der Waals surface area contributed by atoms with Crippen LogP contribution in [0.15, 0.2) is 67.1 Å². The van der Waals surface area contributed by atoms with E-state index in [0.29, 0.717) is 11.5 Å². The molecule has 166 valence electrons. The molecule has 0 saturated heterocycles. The molecular weight excluding hydrogens is 416 g/mol. The maximum atomic E-state index is 9.51. The first-order chi connectivity index (χ1) is 16.2. The Labute approximate surface area is 190 Å². The molecule has 3 N–H and O–H groups in total. The minimum atomic E-state index is -0.142. The zero-order chi connectivity index (χ0) is 22.8. The smallest absolute Gasteiger partial charge is 0.154 e. The average molecular weight is 441 g/mol. The molecule has 4 heterocycles. The van der Waals surface area contributed by atoms with Gasteiger partial charge < -0.3 is 10.8 Å². The predicted molar refractivity (Wildman–Crippen MR) is 125 cm³/mol. The fourth-order valence-electron chi connectivity index (χ4n) is 3.92. The van der Waals surface area contributed by atoms with E-state index in [2.05, 4.69) is 27.3 Å². The standard InChI is InChI=1S/C24H24N8O/c1-2-5-19(25)21-8-4-7-20(29-21)16-12-22(31-11-10-26-30-31)18-14-27-32(23(18)13-16)24-9-3-6-17(15-33)28-24/h3-4,6-14,19,33H,2,5,15,25H2,1H3. The fourth-order valence-corrected chi connectivity index (χ4v) is 3.92. The number of fused-ring (bicyclic) bond motifs is 1. The van der Waals surface area contributed by atoms with E-state index in [1.807, 2.05) is 42.5 Å². The summed E-state index contributed by atoms with van der Waals surface area (Å²) in [4.78, 5) is 9.38. The van der Waals surface area contributed by atoms with Gasteiger partial charge in [-0.1, -0.05) is 30.7 Å². The van der Waals surface area contributed by atoms with Gasteiger partial charge in [-0.3, -0.25) is 4.98 Å². The van der Waals surface area contributed by atoms with Crippen molar-refractivity contribution in [1.82, 2.24) is 34.7 Å². The average Bonchev–Trinajstić information content (AvgIpc) is 3.54. The number of hydrogen-bond donors (Lipinski definition) is 2. The van der Waals surface area contributed by atoms with Crippen molar-refractivity contribution in [3.63, 3.8) is 0 Å². The molecule has 1 unspecified atom stereocenters. The molecule has 0 aliphatic rings. The van der Waals surface area contributed by atoms with Crippen LogP contribution in [0.5, 0.6) is 0 Å². The van der Waals surface area contributed by atoms with Crippen molar-refractivity contribution in [1.29, 1.82) is 0 Å². The number of aliphatic hydroxyl groups excluding tert-OH is 1. The zero-order valence-electron chi connectivity index (χ0n) is 18.2. The molecule has 0 aliphatic heterocycles. The number of nitrogens with two attached hydrogens (primary N) is 1. The molecule has 0 saturated carbocycles. The lowest BCUT2D eigenvalue weighted by Crippen LogP contribution is -2.11. The Morgan fingerprint density at radius 2 is 1.97 bits per heavy atom. The lowest BCUT2D eigenvalue weighted by atomic mass is 10.0. The van der Waals surface area contributed by atoms with Gasteiger partial charge in [-0.25, -0.2) is 14.3 Å². The first kappa shape index (κ1) is 20.9. The lowest BCUT2D eigenvalue weighted by Gasteiger charge is -2.13. The minimum Gasteiger partial charge on any atom is -0.390 e. The Morgan fingerprint density at radius 1 is 1.09 bits per heavy atom. The van der Waals surface area contributed by atoms with Crippen molar-refractivity contribution in [3.8, 4) is 22.8 Å². The summed E-state index contributed by atoms with van der Waals surface area (Å²) in [5, 5.41) is 23.1. The van der Waals surface area contributed by atoms with Crippen LogP contribution in [0, 0.1) is 0 Å². The number of nitrogens with zero attached hydrogens (tertiary/aromatic N) is 7. The van der Waals surface area contributed by atoms with E-state index in [1.54, 1.807) is 34.0 Å². The number of aromatic nitrogens is 7. The first-order valence-electron chi connectivity index (χ1n) is 10.9. The van der Waals surface area contributed by atoms with Crippen molar-refractivity contribution in [2.45, 2.75) is 32.4 Å². The molecule has 0 fully saturated rings. The minimum absolute atomic E-state index is 0.107. The Hall–Kier alpha value is -3.95. The number of hydrogen-bond acceptors (Lipinski definition) is 7. The number of aliphatic hydroxyl groups is 1. The second-order valence-corrected chi connectivity index (χ2v) is 7.82. The molecule has 1 atom stereocenters. The molecule has 5 aromatic rings. The third kappa shape index (κ3) is 3.99. The van der Waals surface area contributed by atoms with Crippen LogP contribution >= 0.6 is 0 Å². The molecule has 9 heteroatoms. The van der Waals surface area contributed by atoms with Crippen LogP contribution in [0.1, 0.15) is 37.2 Å². The quantitative estimate of drug-likeness (QED) is 0.398. The summed E-state index contributed by atoms with van der Waals surface area (Å²) in [7, 11) is 0. The fraction of sp³-hybridized carbons (Fsp3) is 0.208. The van der Waals surface area contributed by atoms with Crippen LogP contribution < -0.4 is 5.73 Å². The van der Waals surface area contributed by atoms with Gasteiger partial charge in [0.05, 0.1) is 53.5 Å². The van der Waals surface area contributed by atoms with Crippen LogP contribution in [0.2, 0.25) is 0 Å². The summed E-state index contributed by atoms with van der Waals surface area (Å²) in [5.41, 5.74) is 11.1. The molecule has 4 aromatic heterocycles. The summed E-state index contributed by atoms with van der Waals surface area (Å²) in [6, 6.07) is 15.4. The van der Waals surface area contributed by atoms with Gasteiger partial charge >= 0.3 is 0 Å². The number of benzene rings is 1. The molecule has 0 bridgehead atoms. The van der Waals surface area contributed by atoms with Crippen molar-refractivity contribution >= 4 is 10.9 Å². The first-order valence-corrected chi connectivity index (χ1v) is 10.9. The lowest BCUT2D eigenvalue weighted by molar-refractivity contribution is 0.276. The molecular formula is C24H24N8O. The van der Waals surface area contributed by atoms with Crippen molar-refractivity contribution in [2.24, 2.45) is 5.73 Å². The van der Waals surface area contributed by atoms with Gasteiger partial charge in [-0.05, 0) is 42.8 Å². The Bertz CT molecular complexity index is 1390. The van der Waals surface area contributed by atoms with Crippen molar-refractivity contribution in [2.75, 3.05) is 0 Å². The zero-order valence-corrected chi connectivity index (χ0v) is 18.2. The van der Waals surface area contributed by atoms with Crippen LogP contribution in [-0.2, 0) is 6.61 Å². The van der Waals surface area contributed by atoms with Crippen LogP contribution in [-0.4, -0.2) is 39.8 Å². The maximum Gasteiger partial charge on any atom is 0.154 e. The highest BCUT2D eigenvalue weighted by molar-refractivity contribution is 5.92. The molecule has 9 nitrogen and oxygen atoms in total. The second-order valence-electron chi connectivity index (χ2n) is 7.82. The van der Waals surface area contributed by atoms with E-state index >= 15 is 0 Å². The summed E-state index contributed by atoms with van der Waals surface area (Å²) in [6.45, 7) is 1.97. The molecule has 0 radical (unpaired) electrons. The van der Waals surface area contributed by atoms with Gasteiger partial charge in [0, 0.05) is 17.0 Å². The van der Waals surface area contributed by atoms with E-state index in [1.165, 1.54) is 0 Å². The molecule has 33 heavy (non-hydrogen) atoms. The summed E-state index contributed by atoms with van der Waals surface area (Å²) in [6.07, 6.45) is 7.08. The third-order valence-corrected chi connectivity index (χ3v) is 5.55. The molecule has 5 rings (SSSR count). The monoisotopic (exact) mass is 440 g/mol. The van der Waals surface area contributed by atoms with E-state index in [-0.39, 0.29) is 12.6 Å². The van der Waals surface area contributed by atoms with Crippen LogP contribution in [0.4, 0.5) is 0 Å². The SMILES string of the molecule is CCCC(N)c1cccc(-c2cc(-n3ccnn3)c3cnn(-c4cccc(CO)n4)c3c2)n1. The second kappa shape index (κ2) is 8.89. The predicted octanol–water partition coefficient (Wildman–Crippen LogP) is 3.36. The highest BCUT2D eigenvalue weighted by Gasteiger charge is 2.16. The highest BCUT2D eigenvalue weighted by Crippen LogP contribution is 2.31. The largest absolute Gasteiger partial charge is 0.390 e. The van der Waals surface area contributed by atoms with E-state index in [9.17, 15) is 5.11 Å². The Kier molecular flexibility index (Phi) is 5.64. The Balaban J connectivity index is 1.71. The highest BCUT2D eigenvalue weighted by atomic mass is 16.3. The normalized spacial score (nSPS) is 12.3. The van der Waals surface area contributed by atoms with Gasteiger partial charge in [0.2, 0.25) is 0 Å². The summed E-state index contributed by atoms with van der Waals surface area (Å²) < 4.78 is 3.47. The van der Waals surface area contributed by atoms with Gasteiger partial charge in [0.15, 0.2) is 5.82 Å². The van der Waals surface area contributed by atoms with Gasteiger partial charge in [0.1, 0.15) is 0 Å². The van der Waals surface area contributed by atoms with Gasteiger partial charge in [0.25, 0.3) is 0 Å². The van der Waals surface area contributed by atoms with Crippen LogP contribution in [0.25, 0.3) is 33.7 Å². The van der Waals surface area contributed by atoms with E-state index in [4.69, 9.17) is 10.7 Å². The summed E-state index contributed by atoms with van der Waals surface area (Å²) >= 11 is 0. The van der Waals surface area contributed by atoms with Gasteiger partial charge in [-0.2, -0.15) is 5.10 Å². The number of rotatable bonds is 7. The van der Waals surface area contributed by atoms with E-state index in [0.717, 1.165) is 46.4 Å². The van der Waals surface area contributed by atoms with Crippen molar-refractivity contribution < 1.29 is 5.11 Å². The molecule has 0 aliphatic carbocycles. The summed E-state index contributed by atoms with van der Waals surface area (Å²) in [5.74, 6) is 0.616. The van der Waals surface area contributed by atoms with Crippen LogP contribution in [0.3, 0.4) is 0 Å². The molecule has 1 aromatic carbocycles. The third-order valence-electron chi connectivity index (χ3n) is 5.55. The van der Waals surface area contributed by atoms with Crippen molar-refractivity contribution in [3.05, 3.63) is 78.5 Å². The maximum absolute atomic E-state index is 9.51. The van der Waals surface area contributed by atoms with Gasteiger partial charge in [-0.15, -0.1) is 5.10 Å². The van der Waals surface area contributed by atoms with E-state index < -0.39 is 0 Å².